The van der Waals surface area contributed by atoms with Gasteiger partial charge in [-0.05, 0) is 41.5 Å². The van der Waals surface area contributed by atoms with Gasteiger partial charge in [0.25, 0.3) is 0 Å². The van der Waals surface area contributed by atoms with Crippen molar-refractivity contribution < 1.29 is 23.4 Å². The second-order valence-corrected chi connectivity index (χ2v) is 10.3. The number of fused-ring (bicyclic) bond motifs is 1. The molecule has 1 aromatic heterocycles. The summed E-state index contributed by atoms with van der Waals surface area (Å²) in [7, 11) is 0. The van der Waals surface area contributed by atoms with Crippen LogP contribution in [-0.4, -0.2) is 50.7 Å². The van der Waals surface area contributed by atoms with Gasteiger partial charge in [-0.15, -0.1) is 0 Å². The standard InChI is InChI=1S/C27H31F3N2O3/c1-25(2,20-7-5-6-19(14-20)15-31-12-10-21(33)16-31)17-26(35,27(28,29)30)18-32-13-11-24(34)22-8-3-4-9-23(22)32/h3-9,11,13-14,21,33,35H,10,12,15-18H2,1-2H3. The summed E-state index contributed by atoms with van der Waals surface area (Å²) in [5, 5.41) is 21.2. The molecule has 8 heteroatoms. The number of likely N-dealkylation sites (tertiary alicyclic amines) is 1. The fourth-order valence-electron chi connectivity index (χ4n) is 5.06. The Labute approximate surface area is 202 Å². The average Bonchev–Trinajstić information content (AvgIpc) is 3.19. The number of pyridine rings is 1. The van der Waals surface area contributed by atoms with Gasteiger partial charge in [0.05, 0.1) is 18.2 Å². The summed E-state index contributed by atoms with van der Waals surface area (Å²) < 4.78 is 44.3. The zero-order chi connectivity index (χ0) is 25.4. The van der Waals surface area contributed by atoms with E-state index in [-0.39, 0.29) is 11.5 Å². The van der Waals surface area contributed by atoms with Crippen molar-refractivity contribution in [3.8, 4) is 0 Å². The van der Waals surface area contributed by atoms with Gasteiger partial charge < -0.3 is 14.8 Å². The first-order valence-electron chi connectivity index (χ1n) is 11.8. The van der Waals surface area contributed by atoms with Gasteiger partial charge in [0, 0.05) is 37.3 Å². The number of rotatable bonds is 7. The molecule has 0 radical (unpaired) electrons. The molecule has 0 spiro atoms. The minimum atomic E-state index is -4.89. The molecule has 4 rings (SSSR count). The fourth-order valence-corrected chi connectivity index (χ4v) is 5.06. The van der Waals surface area contributed by atoms with Crippen LogP contribution < -0.4 is 5.43 Å². The number of benzene rings is 2. The van der Waals surface area contributed by atoms with Gasteiger partial charge in [0.2, 0.25) is 0 Å². The third-order valence-electron chi connectivity index (χ3n) is 6.94. The Morgan fingerprint density at radius 1 is 1.06 bits per heavy atom. The molecule has 0 bridgehead atoms. The van der Waals surface area contributed by atoms with E-state index >= 15 is 0 Å². The smallest absolute Gasteiger partial charge is 0.392 e. The molecule has 2 atom stereocenters. The number of aromatic nitrogens is 1. The van der Waals surface area contributed by atoms with Crippen LogP contribution >= 0.6 is 0 Å². The highest BCUT2D eigenvalue weighted by molar-refractivity contribution is 5.78. The van der Waals surface area contributed by atoms with E-state index in [9.17, 15) is 28.2 Å². The molecule has 0 aliphatic carbocycles. The molecule has 2 unspecified atom stereocenters. The fraction of sp³-hybridized carbons (Fsp3) is 0.444. The number of halogens is 3. The van der Waals surface area contributed by atoms with Crippen LogP contribution in [0.15, 0.2) is 65.6 Å². The Kier molecular flexibility index (Phi) is 6.83. The molecule has 1 fully saturated rings. The van der Waals surface area contributed by atoms with Crippen LogP contribution in [0.4, 0.5) is 13.2 Å². The van der Waals surface area contributed by atoms with Crippen molar-refractivity contribution >= 4 is 10.9 Å². The maximum Gasteiger partial charge on any atom is 0.418 e. The zero-order valence-electron chi connectivity index (χ0n) is 19.9. The maximum absolute atomic E-state index is 14.3. The summed E-state index contributed by atoms with van der Waals surface area (Å²) in [5.74, 6) is 0. The van der Waals surface area contributed by atoms with Gasteiger partial charge in [-0.3, -0.25) is 9.69 Å². The topological polar surface area (TPSA) is 65.7 Å². The van der Waals surface area contributed by atoms with Crippen molar-refractivity contribution in [2.45, 2.75) is 63.1 Å². The van der Waals surface area contributed by atoms with Gasteiger partial charge in [-0.1, -0.05) is 50.2 Å². The normalized spacial score (nSPS) is 19.2. The molecular weight excluding hydrogens is 457 g/mol. The molecule has 2 heterocycles. The predicted molar refractivity (Wildman–Crippen MR) is 129 cm³/mol. The van der Waals surface area contributed by atoms with E-state index in [4.69, 9.17) is 0 Å². The lowest BCUT2D eigenvalue weighted by atomic mass is 9.74. The first-order valence-corrected chi connectivity index (χ1v) is 11.8. The first kappa shape index (κ1) is 25.4. The number of hydrogen-bond acceptors (Lipinski definition) is 4. The largest absolute Gasteiger partial charge is 0.418 e. The molecule has 35 heavy (non-hydrogen) atoms. The number of β-amino-alcohol motifs (C(OH)–C–C–N with tert-alkyl or cyclic N) is 1. The minimum Gasteiger partial charge on any atom is -0.392 e. The van der Waals surface area contributed by atoms with Crippen molar-refractivity contribution in [1.82, 2.24) is 9.47 Å². The van der Waals surface area contributed by atoms with Gasteiger partial charge in [0.1, 0.15) is 0 Å². The lowest BCUT2D eigenvalue weighted by molar-refractivity contribution is -0.271. The van der Waals surface area contributed by atoms with Gasteiger partial charge >= 0.3 is 6.18 Å². The van der Waals surface area contributed by atoms with E-state index < -0.39 is 30.2 Å². The van der Waals surface area contributed by atoms with E-state index in [1.807, 2.05) is 18.2 Å². The number of aliphatic hydroxyl groups excluding tert-OH is 1. The van der Waals surface area contributed by atoms with Crippen molar-refractivity contribution in [1.29, 1.82) is 0 Å². The third-order valence-corrected chi connectivity index (χ3v) is 6.94. The second-order valence-electron chi connectivity index (χ2n) is 10.3. The van der Waals surface area contributed by atoms with Crippen LogP contribution in [0.2, 0.25) is 0 Å². The second kappa shape index (κ2) is 9.41. The van der Waals surface area contributed by atoms with Crippen molar-refractivity contribution in [2.75, 3.05) is 13.1 Å². The Morgan fingerprint density at radius 3 is 2.49 bits per heavy atom. The van der Waals surface area contributed by atoms with Crippen molar-refractivity contribution in [2.24, 2.45) is 0 Å². The number of aliphatic hydroxyl groups is 2. The van der Waals surface area contributed by atoms with E-state index in [0.717, 1.165) is 12.1 Å². The van der Waals surface area contributed by atoms with E-state index in [1.165, 1.54) is 16.8 Å². The molecule has 3 aromatic rings. The Balaban J connectivity index is 1.63. The highest BCUT2D eigenvalue weighted by atomic mass is 19.4. The summed E-state index contributed by atoms with van der Waals surface area (Å²) in [5.41, 5.74) is -2.32. The van der Waals surface area contributed by atoms with Crippen LogP contribution in [-0.2, 0) is 18.5 Å². The summed E-state index contributed by atoms with van der Waals surface area (Å²) in [6, 6.07) is 15.1. The number of nitrogens with zero attached hydrogens (tertiary/aromatic N) is 2. The zero-order valence-corrected chi connectivity index (χ0v) is 19.9. The number of alkyl halides is 3. The molecule has 1 saturated heterocycles. The Morgan fingerprint density at radius 2 is 1.80 bits per heavy atom. The van der Waals surface area contributed by atoms with Crippen LogP contribution in [0.25, 0.3) is 10.9 Å². The lowest BCUT2D eigenvalue weighted by Gasteiger charge is -2.38. The average molecular weight is 489 g/mol. The Hall–Kier alpha value is -2.68. The summed E-state index contributed by atoms with van der Waals surface area (Å²) in [6.45, 7) is 4.63. The van der Waals surface area contributed by atoms with Crippen LogP contribution in [0.5, 0.6) is 0 Å². The van der Waals surface area contributed by atoms with Crippen LogP contribution in [0, 0.1) is 0 Å². The van der Waals surface area contributed by atoms with Crippen molar-refractivity contribution in [3.05, 3.63) is 82.1 Å². The lowest BCUT2D eigenvalue weighted by Crippen LogP contribution is -2.52. The van der Waals surface area contributed by atoms with E-state index in [2.05, 4.69) is 4.90 Å². The van der Waals surface area contributed by atoms with E-state index in [1.54, 1.807) is 44.2 Å². The summed E-state index contributed by atoms with van der Waals surface area (Å²) in [4.78, 5) is 14.3. The van der Waals surface area contributed by atoms with Crippen LogP contribution in [0.1, 0.15) is 37.8 Å². The van der Waals surface area contributed by atoms with Gasteiger partial charge in [-0.2, -0.15) is 13.2 Å². The van der Waals surface area contributed by atoms with Crippen molar-refractivity contribution in [3.63, 3.8) is 0 Å². The molecule has 188 valence electrons. The Bertz CT molecular complexity index is 1250. The predicted octanol–water partition coefficient (Wildman–Crippen LogP) is 4.23. The molecule has 0 amide bonds. The summed E-state index contributed by atoms with van der Waals surface area (Å²) in [6.07, 6.45) is -3.78. The first-order chi connectivity index (χ1) is 16.4. The molecule has 1 aliphatic rings. The van der Waals surface area contributed by atoms with Gasteiger partial charge in [-0.25, -0.2) is 0 Å². The van der Waals surface area contributed by atoms with Gasteiger partial charge in [0.15, 0.2) is 11.0 Å². The molecule has 5 nitrogen and oxygen atoms in total. The monoisotopic (exact) mass is 488 g/mol. The molecule has 0 saturated carbocycles. The molecule has 1 aliphatic heterocycles. The SMILES string of the molecule is CC(C)(CC(O)(Cn1ccc(=O)c2ccccc21)C(F)(F)F)c1cccc(CN2CCC(O)C2)c1. The highest BCUT2D eigenvalue weighted by Crippen LogP contribution is 2.42. The molecule has 2 aromatic carbocycles. The number of hydrogen-bond donors (Lipinski definition) is 2. The highest BCUT2D eigenvalue weighted by Gasteiger charge is 2.56. The third kappa shape index (κ3) is 5.44. The maximum atomic E-state index is 14.3. The quantitative estimate of drug-likeness (QED) is 0.523. The molecule has 2 N–H and O–H groups in total. The molecular formula is C27H31F3N2O3. The van der Waals surface area contributed by atoms with E-state index in [0.29, 0.717) is 36.0 Å². The van der Waals surface area contributed by atoms with Crippen LogP contribution in [0.3, 0.4) is 0 Å². The number of para-hydroxylation sites is 1. The summed E-state index contributed by atoms with van der Waals surface area (Å²) >= 11 is 0. The minimum absolute atomic E-state index is 0.282.